The summed E-state index contributed by atoms with van der Waals surface area (Å²) in [6.45, 7) is 4.57. The average Bonchev–Trinajstić information content (AvgIpc) is 2.42. The Morgan fingerprint density at radius 1 is 0.947 bits per heavy atom. The summed E-state index contributed by atoms with van der Waals surface area (Å²) in [7, 11) is 2.03. The second-order valence-corrected chi connectivity index (χ2v) is 6.28. The van der Waals surface area contributed by atoms with Crippen LogP contribution in [0.15, 0.2) is 59.1 Å². The van der Waals surface area contributed by atoms with Gasteiger partial charge in [-0.3, -0.25) is 0 Å². The second kappa shape index (κ2) is 5.89. The summed E-state index contributed by atoms with van der Waals surface area (Å²) in [6.07, 6.45) is 0. The third kappa shape index (κ3) is 3.07. The topological polar surface area (TPSA) is 12.0 Å². The fourth-order valence-corrected chi connectivity index (χ4v) is 2.90. The van der Waals surface area contributed by atoms with Crippen LogP contribution in [0.25, 0.3) is 0 Å². The van der Waals surface area contributed by atoms with Gasteiger partial charge in [0.25, 0.3) is 0 Å². The van der Waals surface area contributed by atoms with Crippen LogP contribution < -0.4 is 5.32 Å². The van der Waals surface area contributed by atoms with E-state index in [-0.39, 0.29) is 11.5 Å². The third-order valence-electron chi connectivity index (χ3n) is 3.73. The van der Waals surface area contributed by atoms with E-state index in [1.54, 1.807) is 0 Å². The molecule has 0 bridgehead atoms. The molecule has 0 fully saturated rings. The van der Waals surface area contributed by atoms with E-state index in [9.17, 15) is 0 Å². The van der Waals surface area contributed by atoms with E-state index in [1.165, 1.54) is 11.1 Å². The fraction of sp³-hybridized carbons (Fsp3) is 0.294. The molecule has 1 N–H and O–H groups in total. The van der Waals surface area contributed by atoms with Crippen molar-refractivity contribution in [2.75, 3.05) is 7.05 Å². The first-order valence-electron chi connectivity index (χ1n) is 6.54. The number of halogens is 1. The maximum Gasteiger partial charge on any atom is 0.0410 e. The molecule has 19 heavy (non-hydrogen) atoms. The standard InChI is InChI=1S/C17H20BrN/c1-17(2,14-7-5-4-6-8-14)16(19-3)13-9-11-15(18)12-10-13/h4-12,16,19H,1-3H3. The molecule has 0 amide bonds. The van der Waals surface area contributed by atoms with Crippen LogP contribution in [-0.2, 0) is 5.41 Å². The summed E-state index contributed by atoms with van der Waals surface area (Å²) in [4.78, 5) is 0. The van der Waals surface area contributed by atoms with Crippen molar-refractivity contribution in [2.45, 2.75) is 25.3 Å². The molecule has 0 radical (unpaired) electrons. The van der Waals surface area contributed by atoms with E-state index in [4.69, 9.17) is 0 Å². The Hall–Kier alpha value is -1.12. The highest BCUT2D eigenvalue weighted by molar-refractivity contribution is 9.10. The molecule has 0 saturated carbocycles. The van der Waals surface area contributed by atoms with Crippen molar-refractivity contribution in [1.82, 2.24) is 5.32 Å². The lowest BCUT2D eigenvalue weighted by molar-refractivity contribution is 0.368. The Morgan fingerprint density at radius 2 is 1.53 bits per heavy atom. The van der Waals surface area contributed by atoms with Gasteiger partial charge in [0.05, 0.1) is 0 Å². The highest BCUT2D eigenvalue weighted by Gasteiger charge is 2.31. The van der Waals surface area contributed by atoms with Gasteiger partial charge in [-0.05, 0) is 30.3 Å². The van der Waals surface area contributed by atoms with Crippen molar-refractivity contribution >= 4 is 15.9 Å². The van der Waals surface area contributed by atoms with Crippen LogP contribution in [-0.4, -0.2) is 7.05 Å². The summed E-state index contributed by atoms with van der Waals surface area (Å²) >= 11 is 3.49. The van der Waals surface area contributed by atoms with Gasteiger partial charge in [-0.25, -0.2) is 0 Å². The van der Waals surface area contributed by atoms with Gasteiger partial charge in [0, 0.05) is 15.9 Å². The number of likely N-dealkylation sites (N-methyl/N-ethyl adjacent to an activating group) is 1. The van der Waals surface area contributed by atoms with Crippen molar-refractivity contribution in [3.63, 3.8) is 0 Å². The minimum atomic E-state index is 0.0316. The van der Waals surface area contributed by atoms with Gasteiger partial charge in [-0.1, -0.05) is 72.2 Å². The largest absolute Gasteiger partial charge is 0.312 e. The number of rotatable bonds is 4. The fourth-order valence-electron chi connectivity index (χ4n) is 2.63. The summed E-state index contributed by atoms with van der Waals surface area (Å²) < 4.78 is 1.11. The zero-order chi connectivity index (χ0) is 13.9. The average molecular weight is 318 g/mol. The SMILES string of the molecule is CNC(c1ccc(Br)cc1)C(C)(C)c1ccccc1. The van der Waals surface area contributed by atoms with Gasteiger partial charge >= 0.3 is 0 Å². The Kier molecular flexibility index (Phi) is 4.43. The Balaban J connectivity index is 2.38. The van der Waals surface area contributed by atoms with Crippen LogP contribution >= 0.6 is 15.9 Å². The molecule has 100 valence electrons. The molecule has 0 spiro atoms. The van der Waals surface area contributed by atoms with Gasteiger partial charge in [0.15, 0.2) is 0 Å². The normalized spacial score (nSPS) is 13.3. The molecular formula is C17H20BrN. The molecule has 0 saturated heterocycles. The highest BCUT2D eigenvalue weighted by atomic mass is 79.9. The maximum absolute atomic E-state index is 3.49. The van der Waals surface area contributed by atoms with Crippen LogP contribution in [0.4, 0.5) is 0 Å². The van der Waals surface area contributed by atoms with Crippen molar-refractivity contribution in [3.05, 3.63) is 70.2 Å². The summed E-state index contributed by atoms with van der Waals surface area (Å²) in [5, 5.41) is 3.46. The number of hydrogen-bond donors (Lipinski definition) is 1. The van der Waals surface area contributed by atoms with Crippen LogP contribution in [0, 0.1) is 0 Å². The maximum atomic E-state index is 3.49. The minimum absolute atomic E-state index is 0.0316. The van der Waals surface area contributed by atoms with Crippen LogP contribution in [0.1, 0.15) is 31.0 Å². The molecule has 1 atom stereocenters. The summed E-state index contributed by atoms with van der Waals surface area (Å²) in [5.41, 5.74) is 2.68. The van der Waals surface area contributed by atoms with Crippen molar-refractivity contribution < 1.29 is 0 Å². The predicted octanol–water partition coefficient (Wildman–Crippen LogP) is 4.69. The smallest absolute Gasteiger partial charge is 0.0410 e. The number of nitrogens with one attached hydrogen (secondary N) is 1. The van der Waals surface area contributed by atoms with Crippen molar-refractivity contribution in [2.24, 2.45) is 0 Å². The minimum Gasteiger partial charge on any atom is -0.312 e. The monoisotopic (exact) mass is 317 g/mol. The first-order chi connectivity index (χ1) is 9.05. The molecule has 2 aromatic rings. The molecule has 2 heteroatoms. The molecule has 0 aliphatic carbocycles. The van der Waals surface area contributed by atoms with E-state index in [0.29, 0.717) is 0 Å². The van der Waals surface area contributed by atoms with E-state index >= 15 is 0 Å². The Labute approximate surface area is 124 Å². The zero-order valence-corrected chi connectivity index (χ0v) is 13.2. The highest BCUT2D eigenvalue weighted by Crippen LogP contribution is 2.36. The molecule has 2 aromatic carbocycles. The molecule has 0 heterocycles. The van der Waals surface area contributed by atoms with Gasteiger partial charge in [0.1, 0.15) is 0 Å². The predicted molar refractivity (Wildman–Crippen MR) is 85.4 cm³/mol. The lowest BCUT2D eigenvalue weighted by atomic mass is 9.75. The molecule has 1 unspecified atom stereocenters. The number of hydrogen-bond acceptors (Lipinski definition) is 1. The number of benzene rings is 2. The molecule has 0 aliphatic rings. The zero-order valence-electron chi connectivity index (χ0n) is 11.7. The van der Waals surface area contributed by atoms with E-state index in [0.717, 1.165) is 4.47 Å². The molecule has 1 nitrogen and oxygen atoms in total. The van der Waals surface area contributed by atoms with Crippen LogP contribution in [0.5, 0.6) is 0 Å². The van der Waals surface area contributed by atoms with Crippen LogP contribution in [0.3, 0.4) is 0 Å². The van der Waals surface area contributed by atoms with E-state index in [1.807, 2.05) is 7.05 Å². The van der Waals surface area contributed by atoms with E-state index < -0.39 is 0 Å². The molecular weight excluding hydrogens is 298 g/mol. The summed E-state index contributed by atoms with van der Waals surface area (Å²) in [6, 6.07) is 19.5. The van der Waals surface area contributed by atoms with Crippen LogP contribution in [0.2, 0.25) is 0 Å². The van der Waals surface area contributed by atoms with Gasteiger partial charge in [-0.2, -0.15) is 0 Å². The quantitative estimate of drug-likeness (QED) is 0.862. The molecule has 0 aliphatic heterocycles. The molecule has 2 rings (SSSR count). The molecule has 0 aromatic heterocycles. The van der Waals surface area contributed by atoms with Gasteiger partial charge in [0.2, 0.25) is 0 Å². The lowest BCUT2D eigenvalue weighted by Crippen LogP contribution is -2.35. The first kappa shape index (κ1) is 14.3. The Bertz CT molecular complexity index is 517. The van der Waals surface area contributed by atoms with Crippen molar-refractivity contribution in [1.29, 1.82) is 0 Å². The first-order valence-corrected chi connectivity index (χ1v) is 7.33. The second-order valence-electron chi connectivity index (χ2n) is 5.36. The van der Waals surface area contributed by atoms with Gasteiger partial charge < -0.3 is 5.32 Å². The summed E-state index contributed by atoms with van der Waals surface area (Å²) in [5.74, 6) is 0. The third-order valence-corrected chi connectivity index (χ3v) is 4.26. The van der Waals surface area contributed by atoms with Gasteiger partial charge in [-0.15, -0.1) is 0 Å². The van der Waals surface area contributed by atoms with Crippen molar-refractivity contribution in [3.8, 4) is 0 Å². The lowest BCUT2D eigenvalue weighted by Gasteiger charge is -2.35. The Morgan fingerprint density at radius 3 is 2.05 bits per heavy atom. The van der Waals surface area contributed by atoms with E-state index in [2.05, 4.69) is 89.7 Å².